The van der Waals surface area contributed by atoms with Crippen molar-refractivity contribution in [2.24, 2.45) is 11.3 Å². The van der Waals surface area contributed by atoms with Crippen LogP contribution in [0.1, 0.15) is 85.5 Å². The zero-order chi connectivity index (χ0) is 12.9. The van der Waals surface area contributed by atoms with Crippen LogP contribution in [0.25, 0.3) is 0 Å². The first-order chi connectivity index (χ1) is 7.86. The summed E-state index contributed by atoms with van der Waals surface area (Å²) in [5.41, 5.74) is 0.598. The van der Waals surface area contributed by atoms with Crippen LogP contribution in [-0.4, -0.2) is 7.85 Å². The molecule has 0 aromatic carbocycles. The van der Waals surface area contributed by atoms with Gasteiger partial charge in [-0.15, -0.1) is 0 Å². The molecule has 0 aliphatic heterocycles. The first kappa shape index (κ1) is 15.1. The predicted octanol–water partition coefficient (Wildman–Crippen LogP) is 4.98. The molecule has 0 nitrogen and oxygen atoms in total. The number of hydrogen-bond donors (Lipinski definition) is 0. The molecule has 1 rings (SSSR count). The molecule has 0 saturated heterocycles. The molecule has 0 N–H and O–H groups in total. The number of rotatable bonds is 1. The zero-order valence-electron chi connectivity index (χ0n) is 12.9. The monoisotopic (exact) mass is 236 g/mol. The lowest BCUT2D eigenvalue weighted by atomic mass is 9.63. The Labute approximate surface area is 110 Å². The molecule has 0 amide bonds. The van der Waals surface area contributed by atoms with Gasteiger partial charge in [-0.1, -0.05) is 78.0 Å². The van der Waals surface area contributed by atoms with Gasteiger partial charge in [0.15, 0.2) is 0 Å². The predicted molar refractivity (Wildman–Crippen MR) is 81.4 cm³/mol. The summed E-state index contributed by atoms with van der Waals surface area (Å²) in [4.78, 5) is 0. The molecule has 100 valence electrons. The molecule has 2 unspecified atom stereocenters. The Morgan fingerprint density at radius 2 is 1.24 bits per heavy atom. The topological polar surface area (TPSA) is 0 Å². The third-order valence-electron chi connectivity index (χ3n) is 5.35. The summed E-state index contributed by atoms with van der Waals surface area (Å²) in [5, 5.41) is 0.586. The highest BCUT2D eigenvalue weighted by Crippen LogP contribution is 2.42. The second-order valence-corrected chi connectivity index (χ2v) is 7.74. The van der Waals surface area contributed by atoms with Crippen LogP contribution in [0.15, 0.2) is 0 Å². The Kier molecular flexibility index (Phi) is 5.60. The second kappa shape index (κ2) is 6.30. The van der Waals surface area contributed by atoms with E-state index in [1.807, 2.05) is 0 Å². The summed E-state index contributed by atoms with van der Waals surface area (Å²) in [6.07, 6.45) is 13.0. The van der Waals surface area contributed by atoms with Crippen LogP contribution in [0, 0.1) is 11.3 Å². The average Bonchev–Trinajstić information content (AvgIpc) is 2.24. The smallest absolute Gasteiger partial charge is 0.0669 e. The van der Waals surface area contributed by atoms with Gasteiger partial charge < -0.3 is 0 Å². The van der Waals surface area contributed by atoms with Crippen LogP contribution < -0.4 is 0 Å². The Balaban J connectivity index is 2.60. The molecule has 0 aromatic heterocycles. The molecule has 0 bridgehead atoms. The third-order valence-corrected chi connectivity index (χ3v) is 5.35. The fraction of sp³-hybridized carbons (Fsp3) is 1.00. The van der Waals surface area contributed by atoms with Gasteiger partial charge >= 0.3 is 0 Å². The van der Waals surface area contributed by atoms with Crippen molar-refractivity contribution in [3.63, 3.8) is 0 Å². The lowest BCUT2D eigenvalue weighted by Crippen LogP contribution is -2.24. The van der Waals surface area contributed by atoms with Gasteiger partial charge in [0.05, 0.1) is 0 Å². The average molecular weight is 236 g/mol. The van der Waals surface area contributed by atoms with Gasteiger partial charge in [-0.25, -0.2) is 0 Å². The largest absolute Gasteiger partial charge is 0.109 e. The molecule has 0 heterocycles. The summed E-state index contributed by atoms with van der Waals surface area (Å²) in [7, 11) is 2.47. The van der Waals surface area contributed by atoms with E-state index in [9.17, 15) is 0 Å². The minimum atomic E-state index is 0.586. The normalized spacial score (nSPS) is 37.7. The quantitative estimate of drug-likeness (QED) is 0.563. The fourth-order valence-electron chi connectivity index (χ4n) is 3.28. The van der Waals surface area contributed by atoms with Crippen molar-refractivity contribution in [1.29, 1.82) is 0 Å². The summed E-state index contributed by atoms with van der Waals surface area (Å²) in [5.74, 6) is 0.839. The molecule has 1 aliphatic rings. The van der Waals surface area contributed by atoms with Crippen LogP contribution in [0.3, 0.4) is 0 Å². The zero-order valence-corrected chi connectivity index (χ0v) is 12.9. The third kappa shape index (κ3) is 5.06. The van der Waals surface area contributed by atoms with Crippen LogP contribution in [0.2, 0.25) is 5.31 Å². The first-order valence-electron chi connectivity index (χ1n) is 7.86. The summed E-state index contributed by atoms with van der Waals surface area (Å²) < 4.78 is 0. The van der Waals surface area contributed by atoms with Crippen molar-refractivity contribution < 1.29 is 0 Å². The van der Waals surface area contributed by atoms with Gasteiger partial charge in [0.2, 0.25) is 0 Å². The van der Waals surface area contributed by atoms with E-state index in [0.717, 1.165) is 5.92 Å². The van der Waals surface area contributed by atoms with Crippen LogP contribution in [-0.2, 0) is 0 Å². The molecule has 1 aliphatic carbocycles. The van der Waals surface area contributed by atoms with E-state index in [4.69, 9.17) is 0 Å². The molecule has 2 atom stereocenters. The van der Waals surface area contributed by atoms with Crippen molar-refractivity contribution in [2.45, 2.75) is 90.8 Å². The standard InChI is InChI=1S/C16H33B/c1-14(2)15(3)10-7-5-6-8-12-16(4,17)13-9-11-15/h14H,5-13,17H2,1-4H3. The van der Waals surface area contributed by atoms with E-state index in [2.05, 4.69) is 35.5 Å². The summed E-state index contributed by atoms with van der Waals surface area (Å²) in [6.45, 7) is 9.84. The van der Waals surface area contributed by atoms with Gasteiger partial charge in [-0.3, -0.25) is 0 Å². The van der Waals surface area contributed by atoms with Gasteiger partial charge in [0.1, 0.15) is 7.85 Å². The summed E-state index contributed by atoms with van der Waals surface area (Å²) in [6, 6.07) is 0. The molecule has 0 spiro atoms. The second-order valence-electron chi connectivity index (χ2n) is 7.74. The Bertz CT molecular complexity index is 220. The minimum Gasteiger partial charge on any atom is -0.0669 e. The van der Waals surface area contributed by atoms with E-state index >= 15 is 0 Å². The Morgan fingerprint density at radius 3 is 1.82 bits per heavy atom. The van der Waals surface area contributed by atoms with E-state index in [-0.39, 0.29) is 0 Å². The molecule has 17 heavy (non-hydrogen) atoms. The minimum absolute atomic E-state index is 0.586. The van der Waals surface area contributed by atoms with E-state index in [0.29, 0.717) is 10.7 Å². The van der Waals surface area contributed by atoms with E-state index in [1.54, 1.807) is 0 Å². The SMILES string of the molecule is BC1(C)CCCCCCC(C)(C(C)C)CCC1. The lowest BCUT2D eigenvalue weighted by Gasteiger charge is -2.35. The van der Waals surface area contributed by atoms with E-state index < -0.39 is 0 Å². The van der Waals surface area contributed by atoms with Gasteiger partial charge in [-0.2, -0.15) is 0 Å². The molecule has 0 radical (unpaired) electrons. The van der Waals surface area contributed by atoms with Gasteiger partial charge in [0.25, 0.3) is 0 Å². The maximum Gasteiger partial charge on any atom is 0.109 e. The molecular formula is C16H33B. The lowest BCUT2D eigenvalue weighted by molar-refractivity contribution is 0.168. The van der Waals surface area contributed by atoms with E-state index in [1.165, 1.54) is 57.8 Å². The first-order valence-corrected chi connectivity index (χ1v) is 7.86. The van der Waals surface area contributed by atoms with Crippen LogP contribution in [0.4, 0.5) is 0 Å². The molecular weight excluding hydrogens is 203 g/mol. The molecule has 1 heteroatoms. The highest BCUT2D eigenvalue weighted by Gasteiger charge is 2.29. The molecule has 1 fully saturated rings. The molecule has 1 saturated carbocycles. The maximum atomic E-state index is 2.53. The van der Waals surface area contributed by atoms with Crippen molar-refractivity contribution in [2.75, 3.05) is 0 Å². The van der Waals surface area contributed by atoms with Gasteiger partial charge in [-0.05, 0) is 24.2 Å². The van der Waals surface area contributed by atoms with Crippen LogP contribution in [0.5, 0.6) is 0 Å². The van der Waals surface area contributed by atoms with Gasteiger partial charge in [0, 0.05) is 0 Å². The fourth-order valence-corrected chi connectivity index (χ4v) is 3.28. The number of hydrogen-bond acceptors (Lipinski definition) is 0. The highest BCUT2D eigenvalue weighted by atomic mass is 14.3. The van der Waals surface area contributed by atoms with Crippen LogP contribution >= 0.6 is 0 Å². The Hall–Kier alpha value is 0.0649. The maximum absolute atomic E-state index is 2.53. The van der Waals surface area contributed by atoms with Crippen molar-refractivity contribution in [3.8, 4) is 0 Å². The van der Waals surface area contributed by atoms with Crippen molar-refractivity contribution in [1.82, 2.24) is 0 Å². The van der Waals surface area contributed by atoms with Crippen molar-refractivity contribution in [3.05, 3.63) is 0 Å². The van der Waals surface area contributed by atoms with Crippen molar-refractivity contribution >= 4 is 7.85 Å². The highest BCUT2D eigenvalue weighted by molar-refractivity contribution is 6.14. The molecule has 0 aromatic rings. The Morgan fingerprint density at radius 1 is 0.765 bits per heavy atom. The summed E-state index contributed by atoms with van der Waals surface area (Å²) >= 11 is 0.